The molecule has 0 spiro atoms. The number of nitrogens with one attached hydrogen (secondary N) is 3. The van der Waals surface area contributed by atoms with Crippen LogP contribution in [0, 0.1) is 11.3 Å². The first-order valence-corrected chi connectivity index (χ1v) is 22.3. The molecule has 0 atom stereocenters. The van der Waals surface area contributed by atoms with Gasteiger partial charge in [-0.05, 0) is 111 Å². The number of aryl methyl sites for hydroxylation is 1. The summed E-state index contributed by atoms with van der Waals surface area (Å²) in [7, 11) is 3.40. The number of hydrogen-bond acceptors (Lipinski definition) is 10. The van der Waals surface area contributed by atoms with Crippen molar-refractivity contribution in [2.75, 3.05) is 31.2 Å². The molecule has 4 heterocycles. The van der Waals surface area contributed by atoms with Crippen LogP contribution in [0.4, 0.5) is 17.1 Å². The Kier molecular flexibility index (Phi) is 11.0. The number of anilines is 3. The molecule has 17 nitrogen and oxygen atoms in total. The summed E-state index contributed by atoms with van der Waals surface area (Å²) in [6.45, 7) is 7.74. The van der Waals surface area contributed by atoms with Crippen molar-refractivity contribution in [1.82, 2.24) is 35.1 Å². The molecule has 0 unspecified atom stereocenters. The number of benzene rings is 6. The molecule has 0 radical (unpaired) electrons. The lowest BCUT2D eigenvalue weighted by molar-refractivity contribution is -0.115. The minimum atomic E-state index is -0.721. The third kappa shape index (κ3) is 7.84. The van der Waals surface area contributed by atoms with Gasteiger partial charge in [0.1, 0.15) is 0 Å². The number of primary amides is 2. The molecule has 0 bridgehead atoms. The number of nitrogens with two attached hydrogens (primary N) is 3. The van der Waals surface area contributed by atoms with E-state index in [4.69, 9.17) is 17.2 Å². The molecule has 0 saturated heterocycles. The summed E-state index contributed by atoms with van der Waals surface area (Å²) in [4.78, 5) is 67.8. The standard InChI is InChI=1S/C54H44N12O5/c1-27(50(57)67)23-65-25-41-37(9-11-43(56)47(41)53(65)70)34-19-38(40-22-60-64(4)46(40)20-34)33-14-29(21-55)15-35(17-33)61-45-13-10-36(42-26-66(54(71)48(42)45)24-28(2)51(58)68)30-8-12-44-39(18-30)49(63-62-44)31-6-5-7-32(16-31)52(69)59-3/h5-20,22,61H,1-2,23-26,56H2,3-4H3,(H2,57,67)(H2,58,68)(H,59,69)(H,62,63). The third-order valence-corrected chi connectivity index (χ3v) is 13.1. The van der Waals surface area contributed by atoms with Gasteiger partial charge in [0.2, 0.25) is 11.8 Å². The van der Waals surface area contributed by atoms with Crippen LogP contribution in [0.2, 0.25) is 0 Å². The number of nitriles is 1. The number of nitrogen functional groups attached to an aromatic ring is 1. The van der Waals surface area contributed by atoms with Crippen LogP contribution < -0.4 is 27.8 Å². The highest BCUT2D eigenvalue weighted by molar-refractivity contribution is 6.09. The summed E-state index contributed by atoms with van der Waals surface area (Å²) in [5, 5.41) is 30.4. The van der Waals surface area contributed by atoms with Gasteiger partial charge in [-0.15, -0.1) is 0 Å². The maximum atomic E-state index is 14.6. The molecule has 2 aromatic heterocycles. The second kappa shape index (κ2) is 17.4. The van der Waals surface area contributed by atoms with Crippen molar-refractivity contribution in [3.8, 4) is 50.7 Å². The van der Waals surface area contributed by atoms with Gasteiger partial charge in [-0.3, -0.25) is 33.8 Å². The van der Waals surface area contributed by atoms with Gasteiger partial charge in [-0.2, -0.15) is 15.5 Å². The zero-order valence-electron chi connectivity index (χ0n) is 38.5. The molecule has 2 aliphatic rings. The molecule has 2 aliphatic heterocycles. The summed E-state index contributed by atoms with van der Waals surface area (Å²) >= 11 is 0. The minimum absolute atomic E-state index is 0.0531. The van der Waals surface area contributed by atoms with Gasteiger partial charge >= 0.3 is 0 Å². The molecular formula is C54H44N12O5. The van der Waals surface area contributed by atoms with Crippen molar-refractivity contribution >= 4 is 68.4 Å². The monoisotopic (exact) mass is 940 g/mol. The number of carbonyl (C=O) groups excluding carboxylic acids is 5. The number of aromatic amines is 1. The van der Waals surface area contributed by atoms with E-state index in [1.807, 2.05) is 67.7 Å². The second-order valence-corrected chi connectivity index (χ2v) is 17.6. The molecule has 0 saturated carbocycles. The number of amides is 5. The average molecular weight is 941 g/mol. The summed E-state index contributed by atoms with van der Waals surface area (Å²) in [5.74, 6) is -2.34. The number of rotatable bonds is 13. The van der Waals surface area contributed by atoms with E-state index in [1.165, 1.54) is 9.80 Å². The Morgan fingerprint density at radius 1 is 0.761 bits per heavy atom. The Labute approximate surface area is 405 Å². The van der Waals surface area contributed by atoms with Crippen LogP contribution in [-0.2, 0) is 29.7 Å². The fourth-order valence-corrected chi connectivity index (χ4v) is 9.57. The Bertz CT molecular complexity index is 3750. The molecule has 0 fully saturated rings. The van der Waals surface area contributed by atoms with Crippen molar-refractivity contribution in [1.29, 1.82) is 5.26 Å². The maximum absolute atomic E-state index is 14.6. The van der Waals surface area contributed by atoms with E-state index in [9.17, 15) is 29.2 Å². The first kappa shape index (κ1) is 45.0. The van der Waals surface area contributed by atoms with Gasteiger partial charge in [0.05, 0.1) is 64.5 Å². The van der Waals surface area contributed by atoms with Gasteiger partial charge in [-0.25, -0.2) is 0 Å². The Hall–Kier alpha value is -9.82. The molecule has 6 aromatic carbocycles. The summed E-state index contributed by atoms with van der Waals surface area (Å²) in [6.07, 6.45) is 1.75. The van der Waals surface area contributed by atoms with Crippen molar-refractivity contribution in [2.24, 2.45) is 18.5 Å². The topological polar surface area (TPSA) is 264 Å². The van der Waals surface area contributed by atoms with E-state index in [-0.39, 0.29) is 55.0 Å². The molecule has 10 rings (SSSR count). The number of fused-ring (bicyclic) bond motifs is 4. The number of hydrogen-bond donors (Lipinski definition) is 6. The van der Waals surface area contributed by atoms with Crippen molar-refractivity contribution in [3.63, 3.8) is 0 Å². The van der Waals surface area contributed by atoms with E-state index in [0.717, 1.165) is 55.2 Å². The van der Waals surface area contributed by atoms with Crippen LogP contribution in [0.15, 0.2) is 128 Å². The number of aromatic nitrogens is 4. The quantitative estimate of drug-likeness (QED) is 0.0528. The Morgan fingerprint density at radius 3 is 2.14 bits per heavy atom. The third-order valence-electron chi connectivity index (χ3n) is 13.1. The summed E-state index contributed by atoms with van der Waals surface area (Å²) in [5.41, 5.74) is 29.2. The maximum Gasteiger partial charge on any atom is 0.256 e. The Balaban J connectivity index is 1.06. The first-order chi connectivity index (χ1) is 34.1. The molecule has 71 heavy (non-hydrogen) atoms. The van der Waals surface area contributed by atoms with Gasteiger partial charge in [0.25, 0.3) is 17.7 Å². The van der Waals surface area contributed by atoms with Crippen LogP contribution >= 0.6 is 0 Å². The first-order valence-electron chi connectivity index (χ1n) is 22.3. The minimum Gasteiger partial charge on any atom is -0.398 e. The van der Waals surface area contributed by atoms with Gasteiger partial charge in [0.15, 0.2) is 0 Å². The van der Waals surface area contributed by atoms with E-state index >= 15 is 0 Å². The normalized spacial score (nSPS) is 12.8. The van der Waals surface area contributed by atoms with Crippen molar-refractivity contribution in [2.45, 2.75) is 13.1 Å². The Morgan fingerprint density at radius 2 is 1.44 bits per heavy atom. The van der Waals surface area contributed by atoms with Crippen LogP contribution in [0.5, 0.6) is 0 Å². The number of carbonyl (C=O) groups is 5. The highest BCUT2D eigenvalue weighted by Crippen LogP contribution is 2.43. The zero-order valence-corrected chi connectivity index (χ0v) is 38.5. The lowest BCUT2D eigenvalue weighted by atomic mass is 9.91. The fourth-order valence-electron chi connectivity index (χ4n) is 9.57. The summed E-state index contributed by atoms with van der Waals surface area (Å²) < 4.78 is 1.74. The molecular weight excluding hydrogens is 897 g/mol. The van der Waals surface area contributed by atoms with Crippen LogP contribution in [0.3, 0.4) is 0 Å². The molecule has 5 amide bonds. The number of H-pyrrole nitrogens is 1. The highest BCUT2D eigenvalue weighted by Gasteiger charge is 2.35. The average Bonchev–Trinajstić information content (AvgIpc) is 4.14. The van der Waals surface area contributed by atoms with Crippen LogP contribution in [0.1, 0.15) is 47.8 Å². The van der Waals surface area contributed by atoms with E-state index < -0.39 is 11.8 Å². The fraction of sp³-hybridized carbons (Fsp3) is 0.111. The van der Waals surface area contributed by atoms with Crippen LogP contribution in [-0.4, -0.2) is 79.5 Å². The van der Waals surface area contributed by atoms with E-state index in [2.05, 4.69) is 45.2 Å². The molecule has 17 heteroatoms. The summed E-state index contributed by atoms with van der Waals surface area (Å²) in [6, 6.07) is 31.9. The van der Waals surface area contributed by atoms with Crippen LogP contribution in [0.25, 0.3) is 66.4 Å². The van der Waals surface area contributed by atoms with Crippen molar-refractivity contribution < 1.29 is 24.0 Å². The number of nitrogens with zero attached hydrogens (tertiary/aromatic N) is 6. The van der Waals surface area contributed by atoms with E-state index in [1.54, 1.807) is 54.3 Å². The largest absolute Gasteiger partial charge is 0.398 e. The highest BCUT2D eigenvalue weighted by atomic mass is 16.2. The van der Waals surface area contributed by atoms with Gasteiger partial charge in [0, 0.05) is 71.6 Å². The van der Waals surface area contributed by atoms with Gasteiger partial charge < -0.3 is 37.6 Å². The second-order valence-electron chi connectivity index (χ2n) is 17.6. The predicted molar refractivity (Wildman–Crippen MR) is 271 cm³/mol. The van der Waals surface area contributed by atoms with E-state index in [0.29, 0.717) is 61.7 Å². The van der Waals surface area contributed by atoms with Crippen molar-refractivity contribution in [3.05, 3.63) is 161 Å². The SMILES string of the molecule is C=C(CN1Cc2c(-c3cc(-c4cc(C#N)cc(Nc5ccc(-c6ccc7[nH]nc(-c8cccc(C(=O)NC)c8)c7c6)c6c5C(=O)N(CC(=C)C(N)=O)C6)c4)c4cnn(C)c4c3)ccc(N)c2C1=O)C(N)=O. The molecule has 0 aliphatic carbocycles. The molecule has 8 aromatic rings. The van der Waals surface area contributed by atoms with Gasteiger partial charge in [-0.1, -0.05) is 43.5 Å². The molecule has 350 valence electrons. The predicted octanol–water partition coefficient (Wildman–Crippen LogP) is 6.67. The molecule has 9 N–H and O–H groups in total. The lowest BCUT2D eigenvalue weighted by Gasteiger charge is -2.17. The smallest absolute Gasteiger partial charge is 0.256 e. The zero-order chi connectivity index (χ0) is 50.0. The lowest BCUT2D eigenvalue weighted by Crippen LogP contribution is -2.30.